The first-order chi connectivity index (χ1) is 7.75. The van der Waals surface area contributed by atoms with Crippen molar-refractivity contribution in [3.8, 4) is 0 Å². The standard InChI is InChI=1S/C12H17N3S/c13-12(14)11-8-10(6-7-15-11)16-9-4-2-1-3-5-9/h6-9H,1-5H2,(H3,13,14). The molecule has 1 aliphatic rings. The number of aromatic nitrogens is 1. The van der Waals surface area contributed by atoms with Crippen molar-refractivity contribution in [2.75, 3.05) is 0 Å². The summed E-state index contributed by atoms with van der Waals surface area (Å²) in [5, 5.41) is 8.09. The molecule has 1 aliphatic carbocycles. The first-order valence-electron chi connectivity index (χ1n) is 5.73. The van der Waals surface area contributed by atoms with Gasteiger partial charge in [-0.15, -0.1) is 11.8 Å². The molecular weight excluding hydrogens is 218 g/mol. The van der Waals surface area contributed by atoms with Crippen molar-refractivity contribution in [2.24, 2.45) is 5.73 Å². The summed E-state index contributed by atoms with van der Waals surface area (Å²) in [5.74, 6) is 0.0473. The lowest BCUT2D eigenvalue weighted by molar-refractivity contribution is 0.516. The summed E-state index contributed by atoms with van der Waals surface area (Å²) < 4.78 is 0. The zero-order chi connectivity index (χ0) is 11.4. The van der Waals surface area contributed by atoms with Gasteiger partial charge in [0.1, 0.15) is 11.5 Å². The van der Waals surface area contributed by atoms with Crippen LogP contribution < -0.4 is 5.73 Å². The second kappa shape index (κ2) is 5.34. The van der Waals surface area contributed by atoms with Crippen LogP contribution in [0.3, 0.4) is 0 Å². The Hall–Kier alpha value is -1.03. The minimum Gasteiger partial charge on any atom is -0.382 e. The summed E-state index contributed by atoms with van der Waals surface area (Å²) in [6.07, 6.45) is 8.43. The van der Waals surface area contributed by atoms with E-state index in [0.29, 0.717) is 5.69 Å². The molecular formula is C12H17N3S. The number of nitrogens with two attached hydrogens (primary N) is 1. The predicted molar refractivity (Wildman–Crippen MR) is 68.0 cm³/mol. The van der Waals surface area contributed by atoms with Crippen molar-refractivity contribution in [3.63, 3.8) is 0 Å². The van der Waals surface area contributed by atoms with Gasteiger partial charge in [-0.05, 0) is 25.0 Å². The summed E-state index contributed by atoms with van der Waals surface area (Å²) in [6, 6.07) is 3.92. The Morgan fingerprint density at radius 2 is 2.12 bits per heavy atom. The van der Waals surface area contributed by atoms with Crippen molar-refractivity contribution >= 4 is 17.6 Å². The SMILES string of the molecule is N=C(N)c1cc(SC2CCCCC2)ccn1. The molecule has 0 aromatic carbocycles. The Labute approximate surface area is 100 Å². The molecule has 0 unspecified atom stereocenters. The van der Waals surface area contributed by atoms with Crippen molar-refractivity contribution < 1.29 is 0 Å². The van der Waals surface area contributed by atoms with E-state index >= 15 is 0 Å². The molecule has 0 radical (unpaired) electrons. The van der Waals surface area contributed by atoms with Crippen molar-refractivity contribution in [1.82, 2.24) is 4.98 Å². The van der Waals surface area contributed by atoms with Crippen LogP contribution in [0.2, 0.25) is 0 Å². The van der Waals surface area contributed by atoms with Gasteiger partial charge < -0.3 is 5.73 Å². The fourth-order valence-electron chi connectivity index (χ4n) is 2.01. The fourth-order valence-corrected chi connectivity index (χ4v) is 3.28. The number of amidine groups is 1. The van der Waals surface area contributed by atoms with Gasteiger partial charge in [-0.1, -0.05) is 19.3 Å². The van der Waals surface area contributed by atoms with Crippen LogP contribution in [0.5, 0.6) is 0 Å². The van der Waals surface area contributed by atoms with Gasteiger partial charge in [-0.2, -0.15) is 0 Å². The number of nitrogens with one attached hydrogen (secondary N) is 1. The zero-order valence-electron chi connectivity index (χ0n) is 9.28. The average molecular weight is 235 g/mol. The number of thioether (sulfide) groups is 1. The minimum absolute atomic E-state index is 0.0473. The third-order valence-corrected chi connectivity index (χ3v) is 4.19. The topological polar surface area (TPSA) is 62.8 Å². The molecule has 2 rings (SSSR count). The Kier molecular flexibility index (Phi) is 3.83. The van der Waals surface area contributed by atoms with E-state index in [1.807, 2.05) is 23.9 Å². The summed E-state index contributed by atoms with van der Waals surface area (Å²) in [5.41, 5.74) is 6.01. The molecule has 0 amide bonds. The lowest BCUT2D eigenvalue weighted by Crippen LogP contribution is -2.13. The Balaban J connectivity index is 2.02. The summed E-state index contributed by atoms with van der Waals surface area (Å²) in [6.45, 7) is 0. The highest BCUT2D eigenvalue weighted by molar-refractivity contribution is 8.00. The van der Waals surface area contributed by atoms with E-state index in [0.717, 1.165) is 5.25 Å². The molecule has 1 aromatic rings. The normalized spacial score (nSPS) is 17.2. The number of nitrogen functional groups attached to an aromatic ring is 1. The monoisotopic (exact) mass is 235 g/mol. The number of hydrogen-bond donors (Lipinski definition) is 2. The first-order valence-corrected chi connectivity index (χ1v) is 6.61. The van der Waals surface area contributed by atoms with Crippen LogP contribution in [0.15, 0.2) is 23.2 Å². The molecule has 3 N–H and O–H groups in total. The molecule has 0 saturated heterocycles. The van der Waals surface area contributed by atoms with Crippen LogP contribution >= 0.6 is 11.8 Å². The third-order valence-electron chi connectivity index (χ3n) is 2.86. The molecule has 1 aromatic heterocycles. The van der Waals surface area contributed by atoms with Crippen molar-refractivity contribution in [3.05, 3.63) is 24.0 Å². The van der Waals surface area contributed by atoms with Gasteiger partial charge >= 0.3 is 0 Å². The van der Waals surface area contributed by atoms with Crippen molar-refractivity contribution in [1.29, 1.82) is 5.41 Å². The second-order valence-corrected chi connectivity index (χ2v) is 5.54. The van der Waals surface area contributed by atoms with Crippen molar-refractivity contribution in [2.45, 2.75) is 42.2 Å². The predicted octanol–water partition coefficient (Wildman–Crippen LogP) is 2.79. The lowest BCUT2D eigenvalue weighted by Gasteiger charge is -2.20. The molecule has 4 heteroatoms. The van der Waals surface area contributed by atoms with Crippen LogP contribution in [0, 0.1) is 5.41 Å². The van der Waals surface area contributed by atoms with E-state index in [2.05, 4.69) is 4.98 Å². The first kappa shape index (κ1) is 11.5. The molecule has 1 saturated carbocycles. The van der Waals surface area contributed by atoms with Gasteiger partial charge in [0, 0.05) is 16.3 Å². The van der Waals surface area contributed by atoms with E-state index in [9.17, 15) is 0 Å². The summed E-state index contributed by atoms with van der Waals surface area (Å²) in [4.78, 5) is 5.26. The Morgan fingerprint density at radius 3 is 2.81 bits per heavy atom. The van der Waals surface area contributed by atoms with Crippen LogP contribution in [0.25, 0.3) is 0 Å². The maximum absolute atomic E-state index is 7.36. The second-order valence-electron chi connectivity index (χ2n) is 4.17. The Bertz CT molecular complexity index is 372. The smallest absolute Gasteiger partial charge is 0.141 e. The van der Waals surface area contributed by atoms with Gasteiger partial charge in [0.15, 0.2) is 0 Å². The van der Waals surface area contributed by atoms with Crippen LogP contribution in [0.1, 0.15) is 37.8 Å². The van der Waals surface area contributed by atoms with Gasteiger partial charge in [0.2, 0.25) is 0 Å². The number of rotatable bonds is 3. The molecule has 0 atom stereocenters. The summed E-state index contributed by atoms with van der Waals surface area (Å²) >= 11 is 1.90. The van der Waals surface area contributed by atoms with E-state index in [4.69, 9.17) is 11.1 Å². The van der Waals surface area contributed by atoms with E-state index in [-0.39, 0.29) is 5.84 Å². The summed E-state index contributed by atoms with van der Waals surface area (Å²) in [7, 11) is 0. The van der Waals surface area contributed by atoms with Gasteiger partial charge in [0.05, 0.1) is 0 Å². The van der Waals surface area contributed by atoms with Gasteiger partial charge in [0.25, 0.3) is 0 Å². The number of pyridine rings is 1. The molecule has 86 valence electrons. The fraction of sp³-hybridized carbons (Fsp3) is 0.500. The highest BCUT2D eigenvalue weighted by Gasteiger charge is 2.14. The van der Waals surface area contributed by atoms with Crippen LogP contribution in [0.4, 0.5) is 0 Å². The minimum atomic E-state index is 0.0473. The molecule has 0 spiro atoms. The lowest BCUT2D eigenvalue weighted by atomic mass is 10.0. The molecule has 1 fully saturated rings. The molecule has 0 bridgehead atoms. The Morgan fingerprint density at radius 1 is 1.38 bits per heavy atom. The quantitative estimate of drug-likeness (QED) is 0.625. The van der Waals surface area contributed by atoms with Gasteiger partial charge in [-0.25, -0.2) is 0 Å². The average Bonchev–Trinajstić information content (AvgIpc) is 2.30. The molecule has 0 aliphatic heterocycles. The van der Waals surface area contributed by atoms with E-state index < -0.39 is 0 Å². The maximum atomic E-state index is 7.36. The van der Waals surface area contributed by atoms with Crippen LogP contribution in [-0.4, -0.2) is 16.1 Å². The third kappa shape index (κ3) is 2.98. The highest BCUT2D eigenvalue weighted by Crippen LogP contribution is 2.33. The maximum Gasteiger partial charge on any atom is 0.141 e. The van der Waals surface area contributed by atoms with E-state index in [1.165, 1.54) is 37.0 Å². The molecule has 1 heterocycles. The molecule has 3 nitrogen and oxygen atoms in total. The zero-order valence-corrected chi connectivity index (χ0v) is 10.1. The molecule has 16 heavy (non-hydrogen) atoms. The largest absolute Gasteiger partial charge is 0.382 e. The van der Waals surface area contributed by atoms with Crippen LogP contribution in [-0.2, 0) is 0 Å². The number of hydrogen-bond acceptors (Lipinski definition) is 3. The van der Waals surface area contributed by atoms with Gasteiger partial charge in [-0.3, -0.25) is 10.4 Å². The number of nitrogens with zero attached hydrogens (tertiary/aromatic N) is 1. The highest BCUT2D eigenvalue weighted by atomic mass is 32.2. The van der Waals surface area contributed by atoms with E-state index in [1.54, 1.807) is 6.20 Å².